The van der Waals surface area contributed by atoms with Crippen LogP contribution in [0.3, 0.4) is 0 Å². The van der Waals surface area contributed by atoms with Gasteiger partial charge in [-0.3, -0.25) is 9.10 Å². The van der Waals surface area contributed by atoms with Gasteiger partial charge >= 0.3 is 0 Å². The van der Waals surface area contributed by atoms with E-state index >= 15 is 0 Å². The van der Waals surface area contributed by atoms with Crippen LogP contribution >= 0.6 is 0 Å². The summed E-state index contributed by atoms with van der Waals surface area (Å²) in [7, 11) is -3.31. The number of phenols is 1. The molecule has 0 atom stereocenters. The molecule has 2 aromatic rings. The van der Waals surface area contributed by atoms with Crippen LogP contribution in [0.25, 0.3) is 0 Å². The molecule has 0 radical (unpaired) electrons. The molecule has 1 heterocycles. The molecule has 0 spiro atoms. The number of nitrogens with zero attached hydrogens (tertiary/aromatic N) is 1. The SMILES string of the molecule is Cc1ccc(CC(=O)Nc2cc(N3CCCS3(=O)=O)ccc2O)cc1. The largest absolute Gasteiger partial charge is 0.506 e. The highest BCUT2D eigenvalue weighted by Gasteiger charge is 2.28. The molecular formula is C18H20N2O4S. The third-order valence-corrected chi connectivity index (χ3v) is 6.00. The first-order valence-corrected chi connectivity index (χ1v) is 9.65. The molecule has 132 valence electrons. The van der Waals surface area contributed by atoms with Crippen molar-refractivity contribution < 1.29 is 18.3 Å². The Morgan fingerprint density at radius 3 is 2.56 bits per heavy atom. The van der Waals surface area contributed by atoms with E-state index in [1.54, 1.807) is 0 Å². The van der Waals surface area contributed by atoms with Gasteiger partial charge in [0.15, 0.2) is 0 Å². The monoisotopic (exact) mass is 360 g/mol. The quantitative estimate of drug-likeness (QED) is 0.820. The van der Waals surface area contributed by atoms with Crippen molar-refractivity contribution in [2.75, 3.05) is 21.9 Å². The molecule has 0 unspecified atom stereocenters. The molecule has 2 N–H and O–H groups in total. The highest BCUT2D eigenvalue weighted by atomic mass is 32.2. The number of sulfonamides is 1. The molecule has 1 aliphatic rings. The van der Waals surface area contributed by atoms with Crippen LogP contribution in [0, 0.1) is 6.92 Å². The van der Waals surface area contributed by atoms with Gasteiger partial charge in [0, 0.05) is 6.54 Å². The minimum absolute atomic E-state index is 0.0994. The fourth-order valence-electron chi connectivity index (χ4n) is 2.79. The smallest absolute Gasteiger partial charge is 0.235 e. The topological polar surface area (TPSA) is 86.7 Å². The van der Waals surface area contributed by atoms with Crippen molar-refractivity contribution in [3.8, 4) is 5.75 Å². The van der Waals surface area contributed by atoms with Gasteiger partial charge in [0.05, 0.1) is 23.5 Å². The van der Waals surface area contributed by atoms with Gasteiger partial charge in [0.25, 0.3) is 0 Å². The Bertz CT molecular complexity index is 892. The van der Waals surface area contributed by atoms with Gasteiger partial charge in [-0.1, -0.05) is 29.8 Å². The van der Waals surface area contributed by atoms with Gasteiger partial charge in [0.1, 0.15) is 5.75 Å². The number of aryl methyl sites for hydroxylation is 1. The Morgan fingerprint density at radius 1 is 1.20 bits per heavy atom. The van der Waals surface area contributed by atoms with Crippen molar-refractivity contribution in [1.29, 1.82) is 0 Å². The molecule has 0 aromatic heterocycles. The second-order valence-corrected chi connectivity index (χ2v) is 8.17. The summed E-state index contributed by atoms with van der Waals surface area (Å²) in [4.78, 5) is 12.2. The van der Waals surface area contributed by atoms with Gasteiger partial charge in [-0.2, -0.15) is 0 Å². The van der Waals surface area contributed by atoms with Crippen LogP contribution in [-0.2, 0) is 21.2 Å². The van der Waals surface area contributed by atoms with Crippen molar-refractivity contribution >= 4 is 27.3 Å². The summed E-state index contributed by atoms with van der Waals surface area (Å²) < 4.78 is 25.4. The summed E-state index contributed by atoms with van der Waals surface area (Å²) >= 11 is 0. The second-order valence-electron chi connectivity index (χ2n) is 6.15. The Kier molecular flexibility index (Phi) is 4.67. The first kappa shape index (κ1) is 17.3. The van der Waals surface area contributed by atoms with Crippen LogP contribution in [0.4, 0.5) is 11.4 Å². The Hall–Kier alpha value is -2.54. The first-order valence-electron chi connectivity index (χ1n) is 8.04. The fourth-order valence-corrected chi connectivity index (χ4v) is 4.35. The Morgan fingerprint density at radius 2 is 1.92 bits per heavy atom. The van der Waals surface area contributed by atoms with E-state index in [0.29, 0.717) is 18.7 Å². The molecule has 0 bridgehead atoms. The number of amides is 1. The summed E-state index contributed by atoms with van der Waals surface area (Å²) in [5.74, 6) is -0.263. The van der Waals surface area contributed by atoms with Gasteiger partial charge in [-0.15, -0.1) is 0 Å². The van der Waals surface area contributed by atoms with Crippen molar-refractivity contribution in [3.63, 3.8) is 0 Å². The third-order valence-electron chi connectivity index (χ3n) is 4.13. The number of benzene rings is 2. The highest BCUT2D eigenvalue weighted by Crippen LogP contribution is 2.32. The van der Waals surface area contributed by atoms with E-state index in [0.717, 1.165) is 11.1 Å². The molecular weight excluding hydrogens is 340 g/mol. The number of nitrogens with one attached hydrogen (secondary N) is 1. The van der Waals surface area contributed by atoms with E-state index in [4.69, 9.17) is 0 Å². The van der Waals surface area contributed by atoms with E-state index in [1.165, 1.54) is 22.5 Å². The summed E-state index contributed by atoms with van der Waals surface area (Å²) in [5.41, 5.74) is 2.62. The molecule has 7 heteroatoms. The molecule has 6 nitrogen and oxygen atoms in total. The molecule has 0 aliphatic carbocycles. The van der Waals surface area contributed by atoms with Crippen LogP contribution in [0.2, 0.25) is 0 Å². The highest BCUT2D eigenvalue weighted by molar-refractivity contribution is 7.93. The van der Waals surface area contributed by atoms with Crippen molar-refractivity contribution in [3.05, 3.63) is 53.6 Å². The number of phenolic OH excluding ortho intramolecular Hbond substituents is 1. The lowest BCUT2D eigenvalue weighted by molar-refractivity contribution is -0.115. The lowest BCUT2D eigenvalue weighted by Gasteiger charge is -2.18. The zero-order valence-corrected chi connectivity index (χ0v) is 14.7. The average molecular weight is 360 g/mol. The number of hydrogen-bond donors (Lipinski definition) is 2. The Balaban J connectivity index is 1.76. The number of rotatable bonds is 4. The molecule has 1 amide bonds. The predicted molar refractivity (Wildman–Crippen MR) is 97.4 cm³/mol. The van der Waals surface area contributed by atoms with E-state index in [1.807, 2.05) is 31.2 Å². The van der Waals surface area contributed by atoms with Crippen molar-refractivity contribution in [2.45, 2.75) is 19.8 Å². The maximum absolute atomic E-state index is 12.2. The van der Waals surface area contributed by atoms with E-state index < -0.39 is 10.0 Å². The zero-order valence-electron chi connectivity index (χ0n) is 13.9. The predicted octanol–water partition coefficient (Wildman–Crippen LogP) is 2.42. The minimum Gasteiger partial charge on any atom is -0.506 e. The van der Waals surface area contributed by atoms with Gasteiger partial charge in [-0.05, 0) is 37.1 Å². The lowest BCUT2D eigenvalue weighted by atomic mass is 10.1. The van der Waals surface area contributed by atoms with Gasteiger partial charge in [-0.25, -0.2) is 8.42 Å². The third kappa shape index (κ3) is 3.93. The molecule has 1 fully saturated rings. The number of carbonyl (C=O) groups is 1. The van der Waals surface area contributed by atoms with Crippen LogP contribution in [0.5, 0.6) is 5.75 Å². The van der Waals surface area contributed by atoms with Gasteiger partial charge < -0.3 is 10.4 Å². The summed E-state index contributed by atoms with van der Waals surface area (Å²) in [6.07, 6.45) is 0.740. The summed E-state index contributed by atoms with van der Waals surface area (Å²) in [6.45, 7) is 2.38. The zero-order chi connectivity index (χ0) is 18.0. The van der Waals surface area contributed by atoms with Crippen LogP contribution < -0.4 is 9.62 Å². The molecule has 25 heavy (non-hydrogen) atoms. The standard InChI is InChI=1S/C18H20N2O4S/c1-13-3-5-14(6-4-13)11-18(22)19-16-12-15(7-8-17(16)21)20-9-2-10-25(20,23)24/h3-8,12,21H,2,9-11H2,1H3,(H,19,22). The molecule has 1 aliphatic heterocycles. The number of carbonyl (C=O) groups excluding carboxylic acids is 1. The second kappa shape index (κ2) is 6.76. The summed E-state index contributed by atoms with van der Waals surface area (Å²) in [5, 5.41) is 12.6. The van der Waals surface area contributed by atoms with Crippen LogP contribution in [0.15, 0.2) is 42.5 Å². The van der Waals surface area contributed by atoms with Crippen LogP contribution in [0.1, 0.15) is 17.5 Å². The number of anilines is 2. The van der Waals surface area contributed by atoms with Gasteiger partial charge in [0.2, 0.25) is 15.9 Å². The van der Waals surface area contributed by atoms with Crippen molar-refractivity contribution in [2.24, 2.45) is 0 Å². The molecule has 2 aromatic carbocycles. The van der Waals surface area contributed by atoms with E-state index in [9.17, 15) is 18.3 Å². The Labute approximate surface area is 147 Å². The average Bonchev–Trinajstić information content (AvgIpc) is 2.91. The number of hydrogen-bond acceptors (Lipinski definition) is 4. The number of aromatic hydroxyl groups is 1. The summed E-state index contributed by atoms with van der Waals surface area (Å²) in [6, 6.07) is 12.0. The van der Waals surface area contributed by atoms with E-state index in [2.05, 4.69) is 5.32 Å². The van der Waals surface area contributed by atoms with Crippen LogP contribution in [-0.4, -0.2) is 31.7 Å². The fraction of sp³-hybridized carbons (Fsp3) is 0.278. The van der Waals surface area contributed by atoms with Crippen molar-refractivity contribution in [1.82, 2.24) is 0 Å². The molecule has 3 rings (SSSR count). The van der Waals surface area contributed by atoms with E-state index in [-0.39, 0.29) is 29.5 Å². The minimum atomic E-state index is -3.31. The maximum Gasteiger partial charge on any atom is 0.235 e. The normalized spacial score (nSPS) is 16.0. The molecule has 1 saturated heterocycles. The lowest BCUT2D eigenvalue weighted by Crippen LogP contribution is -2.25. The first-order chi connectivity index (χ1) is 11.8. The molecule has 0 saturated carbocycles. The maximum atomic E-state index is 12.2.